The Morgan fingerprint density at radius 2 is 2.03 bits per heavy atom. The number of anilines is 1. The number of ketones is 1. The molecule has 186 valence electrons. The highest BCUT2D eigenvalue weighted by Gasteiger charge is 2.26. The molecule has 0 unspecified atom stereocenters. The highest BCUT2D eigenvalue weighted by Crippen LogP contribution is 2.33. The van der Waals surface area contributed by atoms with E-state index in [4.69, 9.17) is 18.9 Å². The van der Waals surface area contributed by atoms with Gasteiger partial charge in [-0.05, 0) is 49.6 Å². The molecule has 2 aliphatic rings. The van der Waals surface area contributed by atoms with Gasteiger partial charge >= 0.3 is 0 Å². The van der Waals surface area contributed by atoms with E-state index in [0.717, 1.165) is 19.4 Å². The summed E-state index contributed by atoms with van der Waals surface area (Å²) in [4.78, 5) is 39.1. The van der Waals surface area contributed by atoms with Crippen molar-refractivity contribution in [3.05, 3.63) is 48.0 Å². The second kappa shape index (κ2) is 11.7. The van der Waals surface area contributed by atoms with Crippen LogP contribution in [0.3, 0.4) is 0 Å². The lowest BCUT2D eigenvalue weighted by molar-refractivity contribution is -0.123. The van der Waals surface area contributed by atoms with Gasteiger partial charge in [0, 0.05) is 37.7 Å². The van der Waals surface area contributed by atoms with E-state index in [1.807, 2.05) is 0 Å². The molecule has 0 aromatic heterocycles. The van der Waals surface area contributed by atoms with Crippen LogP contribution in [0.4, 0.5) is 5.69 Å². The Labute approximate surface area is 204 Å². The zero-order valence-electron chi connectivity index (χ0n) is 19.8. The summed E-state index contributed by atoms with van der Waals surface area (Å²) in [5.41, 5.74) is 0.928. The maximum atomic E-state index is 12.8. The van der Waals surface area contributed by atoms with Gasteiger partial charge < -0.3 is 29.2 Å². The number of carbonyl (C=O) groups excluding carboxylic acids is 3. The molecule has 0 radical (unpaired) electrons. The summed E-state index contributed by atoms with van der Waals surface area (Å²) in [6, 6.07) is 12.0. The zero-order valence-corrected chi connectivity index (χ0v) is 19.8. The number of nitrogens with one attached hydrogen (secondary N) is 1. The fourth-order valence-electron chi connectivity index (χ4n) is 4.06. The van der Waals surface area contributed by atoms with Crippen molar-refractivity contribution in [2.45, 2.75) is 31.8 Å². The fourth-order valence-corrected chi connectivity index (χ4v) is 4.06. The summed E-state index contributed by atoms with van der Waals surface area (Å²) >= 11 is 0. The van der Waals surface area contributed by atoms with E-state index in [1.165, 1.54) is 0 Å². The number of ether oxygens (including phenoxy) is 4. The minimum atomic E-state index is -0.234. The number of Topliss-reactive ketones (excluding diaryl/α,β-unsaturated/α-hetero) is 1. The van der Waals surface area contributed by atoms with Crippen LogP contribution in [-0.2, 0) is 14.3 Å². The first kappa shape index (κ1) is 24.5. The van der Waals surface area contributed by atoms with Gasteiger partial charge in [-0.1, -0.05) is 6.07 Å². The van der Waals surface area contributed by atoms with Gasteiger partial charge in [0.15, 0.2) is 19.0 Å². The van der Waals surface area contributed by atoms with Gasteiger partial charge in [-0.15, -0.1) is 0 Å². The smallest absolute Gasteiger partial charge is 0.265 e. The van der Waals surface area contributed by atoms with Crippen molar-refractivity contribution >= 4 is 23.3 Å². The molecule has 0 bridgehead atoms. The van der Waals surface area contributed by atoms with Gasteiger partial charge in [-0.3, -0.25) is 14.4 Å². The SMILES string of the molecule is COc1cccc(OCC(=O)c2ccc3c(c2)N(CCCC(=O)NC[C@H]2CCCO2)C(=O)CO3)c1. The van der Waals surface area contributed by atoms with E-state index in [9.17, 15) is 14.4 Å². The largest absolute Gasteiger partial charge is 0.497 e. The Morgan fingerprint density at radius 3 is 2.83 bits per heavy atom. The van der Waals surface area contributed by atoms with Crippen molar-refractivity contribution in [2.24, 2.45) is 0 Å². The maximum Gasteiger partial charge on any atom is 0.265 e. The molecule has 2 aromatic carbocycles. The summed E-state index contributed by atoms with van der Waals surface area (Å²) in [5, 5.41) is 2.89. The van der Waals surface area contributed by atoms with Crippen LogP contribution in [0.15, 0.2) is 42.5 Å². The number of nitrogens with zero attached hydrogens (tertiary/aromatic N) is 1. The number of amides is 2. The van der Waals surface area contributed by atoms with Crippen molar-refractivity contribution in [1.29, 1.82) is 0 Å². The number of hydrogen-bond donors (Lipinski definition) is 1. The Morgan fingerprint density at radius 1 is 1.17 bits per heavy atom. The van der Waals surface area contributed by atoms with Gasteiger partial charge in [-0.2, -0.15) is 0 Å². The van der Waals surface area contributed by atoms with Crippen molar-refractivity contribution in [3.8, 4) is 17.2 Å². The standard InChI is InChI=1S/C26H30N2O7/c1-32-19-5-2-6-20(14-19)34-16-23(29)18-9-10-24-22(13-18)28(26(31)17-35-24)11-3-8-25(30)27-15-21-7-4-12-33-21/h2,5-6,9-10,13-14,21H,3-4,7-8,11-12,15-17H2,1H3,(H,27,30)/t21-/m1/s1. The monoisotopic (exact) mass is 482 g/mol. The first-order valence-electron chi connectivity index (χ1n) is 11.8. The van der Waals surface area contributed by atoms with Gasteiger partial charge in [0.25, 0.3) is 5.91 Å². The third-order valence-electron chi connectivity index (χ3n) is 5.97. The molecule has 0 spiro atoms. The van der Waals surface area contributed by atoms with E-state index in [0.29, 0.717) is 54.4 Å². The summed E-state index contributed by atoms with van der Waals surface area (Å²) in [6.07, 6.45) is 2.86. The van der Waals surface area contributed by atoms with Crippen molar-refractivity contribution in [2.75, 3.05) is 44.9 Å². The van der Waals surface area contributed by atoms with Gasteiger partial charge in [0.05, 0.1) is 18.9 Å². The number of carbonyl (C=O) groups is 3. The predicted octanol–water partition coefficient (Wildman–Crippen LogP) is 2.76. The van der Waals surface area contributed by atoms with E-state index >= 15 is 0 Å². The fraction of sp³-hybridized carbons (Fsp3) is 0.423. The average molecular weight is 483 g/mol. The van der Waals surface area contributed by atoms with E-state index in [1.54, 1.807) is 54.5 Å². The van der Waals surface area contributed by atoms with Crippen LogP contribution >= 0.6 is 0 Å². The Balaban J connectivity index is 1.33. The second-order valence-electron chi connectivity index (χ2n) is 8.45. The minimum Gasteiger partial charge on any atom is -0.497 e. The van der Waals surface area contributed by atoms with Crippen LogP contribution in [0.1, 0.15) is 36.0 Å². The quantitative estimate of drug-likeness (QED) is 0.491. The van der Waals surface area contributed by atoms with E-state index in [2.05, 4.69) is 5.32 Å². The predicted molar refractivity (Wildman–Crippen MR) is 128 cm³/mol. The van der Waals surface area contributed by atoms with Gasteiger partial charge in [0.1, 0.15) is 17.2 Å². The highest BCUT2D eigenvalue weighted by atomic mass is 16.5. The van der Waals surface area contributed by atoms with Gasteiger partial charge in [0.2, 0.25) is 5.91 Å². The molecule has 0 aliphatic carbocycles. The summed E-state index contributed by atoms with van der Waals surface area (Å²) in [7, 11) is 1.56. The van der Waals surface area contributed by atoms with Gasteiger partial charge in [-0.25, -0.2) is 0 Å². The molecule has 1 saturated heterocycles. The number of fused-ring (bicyclic) bond motifs is 1. The Bertz CT molecular complexity index is 1070. The zero-order chi connectivity index (χ0) is 24.6. The number of hydrogen-bond acceptors (Lipinski definition) is 7. The molecule has 2 aromatic rings. The molecule has 0 saturated carbocycles. The lowest BCUT2D eigenvalue weighted by Gasteiger charge is -2.29. The molecule has 1 fully saturated rings. The first-order chi connectivity index (χ1) is 17.0. The summed E-state index contributed by atoms with van der Waals surface area (Å²) in [6.45, 7) is 1.37. The van der Waals surface area contributed by atoms with Crippen molar-refractivity contribution in [1.82, 2.24) is 5.32 Å². The molecule has 2 amide bonds. The van der Waals surface area contributed by atoms with E-state index in [-0.39, 0.29) is 36.9 Å². The molecule has 2 heterocycles. The molecular formula is C26H30N2O7. The van der Waals surface area contributed by atoms with Crippen LogP contribution < -0.4 is 24.4 Å². The molecule has 1 atom stereocenters. The summed E-state index contributed by atoms with van der Waals surface area (Å²) < 4.78 is 21.8. The number of methoxy groups -OCH3 is 1. The Kier molecular flexibility index (Phi) is 8.20. The van der Waals surface area contributed by atoms with Crippen molar-refractivity contribution in [3.63, 3.8) is 0 Å². The van der Waals surface area contributed by atoms with Crippen LogP contribution in [0.25, 0.3) is 0 Å². The Hall–Kier alpha value is -3.59. The summed E-state index contributed by atoms with van der Waals surface area (Å²) in [5.74, 6) is 1.17. The minimum absolute atomic E-state index is 0.0694. The van der Waals surface area contributed by atoms with E-state index < -0.39 is 0 Å². The molecule has 4 rings (SSSR count). The number of rotatable bonds is 11. The lowest BCUT2D eigenvalue weighted by Crippen LogP contribution is -2.40. The van der Waals surface area contributed by atoms with Crippen LogP contribution in [0.5, 0.6) is 17.2 Å². The number of benzene rings is 2. The lowest BCUT2D eigenvalue weighted by atomic mass is 10.1. The topological polar surface area (TPSA) is 103 Å². The molecule has 9 heteroatoms. The molecule has 35 heavy (non-hydrogen) atoms. The average Bonchev–Trinajstić information content (AvgIpc) is 3.41. The molecule has 9 nitrogen and oxygen atoms in total. The highest BCUT2D eigenvalue weighted by molar-refractivity contribution is 6.02. The molecule has 2 aliphatic heterocycles. The van der Waals surface area contributed by atoms with Crippen LogP contribution in [0.2, 0.25) is 0 Å². The first-order valence-corrected chi connectivity index (χ1v) is 11.8. The van der Waals surface area contributed by atoms with Crippen molar-refractivity contribution < 1.29 is 33.3 Å². The van der Waals surface area contributed by atoms with Crippen LogP contribution in [0, 0.1) is 0 Å². The molecule has 1 N–H and O–H groups in total. The third-order valence-corrected chi connectivity index (χ3v) is 5.97. The second-order valence-corrected chi connectivity index (χ2v) is 8.45. The molecular weight excluding hydrogens is 452 g/mol. The normalized spacial score (nSPS) is 16.9. The maximum absolute atomic E-state index is 12.8. The third kappa shape index (κ3) is 6.51. The van der Waals surface area contributed by atoms with Crippen LogP contribution in [-0.4, -0.2) is 63.7 Å².